The quantitative estimate of drug-likeness (QED) is 0.135. The normalized spacial score (nSPS) is 14.6. The Labute approximate surface area is 222 Å². The van der Waals surface area contributed by atoms with Crippen LogP contribution in [-0.4, -0.2) is 5.78 Å². The van der Waals surface area contributed by atoms with Crippen molar-refractivity contribution < 1.29 is 13.8 Å². The number of allylic oxidation sites excluding steroid dienone is 1. The molecule has 37 heavy (non-hydrogen) atoms. The zero-order valence-corrected chi connectivity index (χ0v) is 22.3. The van der Waals surface area contributed by atoms with E-state index in [0.29, 0.717) is 17.1 Å². The second-order valence-corrected chi connectivity index (χ2v) is 12.9. The first-order chi connectivity index (χ1) is 17.9. The number of benzene rings is 5. The highest BCUT2D eigenvalue weighted by atomic mass is 32.7. The van der Waals surface area contributed by atoms with E-state index in [-0.39, 0.29) is 5.78 Å². The fourth-order valence-electron chi connectivity index (χ4n) is 5.09. The molecule has 0 aliphatic carbocycles. The molecule has 0 N–H and O–H groups in total. The molecule has 1 aliphatic rings. The Bertz CT molecular complexity index is 1620. The van der Waals surface area contributed by atoms with E-state index >= 15 is 0 Å². The molecule has 0 saturated carbocycles. The predicted molar refractivity (Wildman–Crippen MR) is 156 cm³/mol. The number of rotatable bonds is 4. The molecule has 5 aromatic rings. The maximum Gasteiger partial charge on any atom is 0.263 e. The van der Waals surface area contributed by atoms with Gasteiger partial charge in [0.2, 0.25) is 0 Å². The first kappa shape index (κ1) is 23.8. The third-order valence-corrected chi connectivity index (χ3v) is 10.2. The van der Waals surface area contributed by atoms with Crippen LogP contribution in [0.15, 0.2) is 109 Å². The molecule has 182 valence electrons. The summed E-state index contributed by atoms with van der Waals surface area (Å²) >= 11 is 6.32. The highest BCUT2D eigenvalue weighted by Gasteiger charge is 2.48. The van der Waals surface area contributed by atoms with Crippen LogP contribution in [0.4, 0.5) is 0 Å². The molecular weight excluding hydrogens is 495 g/mol. The summed E-state index contributed by atoms with van der Waals surface area (Å²) in [6.45, 7) is 4.49. The van der Waals surface area contributed by atoms with Gasteiger partial charge in [0.25, 0.3) is 6.92 Å². The lowest BCUT2D eigenvalue weighted by Crippen LogP contribution is -2.19. The van der Waals surface area contributed by atoms with Gasteiger partial charge in [0, 0.05) is 22.3 Å². The zero-order chi connectivity index (χ0) is 25.7. The lowest BCUT2D eigenvalue weighted by atomic mass is 9.92. The largest absolute Gasteiger partial charge is 0.472 e. The van der Waals surface area contributed by atoms with E-state index in [0.717, 1.165) is 43.8 Å². The molecule has 1 aliphatic heterocycles. The highest BCUT2D eigenvalue weighted by molar-refractivity contribution is 8.38. The van der Waals surface area contributed by atoms with Gasteiger partial charge >= 0.3 is 0 Å². The summed E-state index contributed by atoms with van der Waals surface area (Å²) in [6.07, 6.45) is 0. The third-order valence-electron chi connectivity index (χ3n) is 6.97. The maximum atomic E-state index is 12.7. The minimum atomic E-state index is -3.22. The Morgan fingerprint density at radius 3 is 1.73 bits per heavy atom. The van der Waals surface area contributed by atoms with Crippen molar-refractivity contribution in [1.29, 1.82) is 0 Å². The van der Waals surface area contributed by atoms with Gasteiger partial charge in [-0.3, -0.25) is 4.79 Å². The van der Waals surface area contributed by atoms with Crippen molar-refractivity contribution in [2.24, 2.45) is 0 Å². The van der Waals surface area contributed by atoms with Crippen LogP contribution in [0.25, 0.3) is 32.7 Å². The van der Waals surface area contributed by atoms with Crippen molar-refractivity contribution in [2.45, 2.75) is 19.5 Å². The molecule has 0 aromatic heterocycles. The van der Waals surface area contributed by atoms with E-state index in [1.165, 1.54) is 6.92 Å². The van der Waals surface area contributed by atoms with Crippen molar-refractivity contribution in [2.75, 3.05) is 0 Å². The van der Waals surface area contributed by atoms with Crippen LogP contribution in [0.5, 0.6) is 11.5 Å². The maximum absolute atomic E-state index is 12.7. The minimum Gasteiger partial charge on any atom is -0.472 e. The summed E-state index contributed by atoms with van der Waals surface area (Å²) in [4.78, 5) is 12.7. The van der Waals surface area contributed by atoms with Crippen molar-refractivity contribution in [1.82, 2.24) is 0 Å². The molecule has 0 bridgehead atoms. The first-order valence-corrected chi connectivity index (χ1v) is 14.9. The Kier molecular flexibility index (Phi) is 5.82. The van der Waals surface area contributed by atoms with Crippen LogP contribution in [0.1, 0.15) is 23.7 Å². The van der Waals surface area contributed by atoms with Gasteiger partial charge in [-0.1, -0.05) is 97.1 Å². The highest BCUT2D eigenvalue weighted by Crippen LogP contribution is 2.73. The van der Waals surface area contributed by atoms with Crippen molar-refractivity contribution in [3.8, 4) is 22.6 Å². The summed E-state index contributed by atoms with van der Waals surface area (Å²) in [7, 11) is 0. The van der Waals surface area contributed by atoms with E-state index in [1.807, 2.05) is 79.7 Å². The van der Waals surface area contributed by atoms with Crippen LogP contribution in [-0.2, 0) is 17.0 Å². The van der Waals surface area contributed by atoms with Gasteiger partial charge in [-0.2, -0.15) is 0 Å². The number of Topliss-reactive ketones (excluding diaryl/α,β-unsaturated/α-hetero) is 1. The van der Waals surface area contributed by atoms with Crippen molar-refractivity contribution in [3.63, 3.8) is 0 Å². The molecule has 1 heterocycles. The average molecular weight is 521 g/mol. The number of ketones is 1. The van der Waals surface area contributed by atoms with Gasteiger partial charge in [-0.05, 0) is 47.5 Å². The smallest absolute Gasteiger partial charge is 0.263 e. The Balaban J connectivity index is 1.67. The van der Waals surface area contributed by atoms with Gasteiger partial charge in [-0.15, -0.1) is 0 Å². The standard InChI is InChI=1S/C32H25O3PS/c1-20-12-14-25(15-13-20)32(21(2)22(3)33)36(37)34-28-18-16-23-8-4-6-10-26(23)30(28)31-27-11-7-5-9-24(27)17-19-29(31)35-36/h4-19,32H,2H2,1,3H3/t32-/m1/s1. The summed E-state index contributed by atoms with van der Waals surface area (Å²) in [6, 6.07) is 32.5. The summed E-state index contributed by atoms with van der Waals surface area (Å²) in [5.41, 5.74) is 3.67. The molecule has 0 spiro atoms. The minimum absolute atomic E-state index is 0.135. The lowest BCUT2D eigenvalue weighted by molar-refractivity contribution is -0.113. The van der Waals surface area contributed by atoms with Crippen LogP contribution in [0, 0.1) is 6.92 Å². The predicted octanol–water partition coefficient (Wildman–Crippen LogP) is 8.94. The molecule has 1 atom stereocenters. The average Bonchev–Trinajstić information content (AvgIpc) is 3.03. The van der Waals surface area contributed by atoms with Gasteiger partial charge in [-0.25, -0.2) is 0 Å². The molecule has 6 rings (SSSR count). The van der Waals surface area contributed by atoms with Gasteiger partial charge in [0.1, 0.15) is 0 Å². The second-order valence-electron chi connectivity index (χ2n) is 9.44. The Hall–Kier alpha value is -3.59. The SMILES string of the molecule is C=C(C(C)=O)[C@H](c1ccc(C)cc1)[P+]1([S-])Oc2ccc3ccccc3c2-c2c(ccc3ccccc23)O1. The summed E-state index contributed by atoms with van der Waals surface area (Å²) < 4.78 is 13.6. The van der Waals surface area contributed by atoms with E-state index in [9.17, 15) is 4.79 Å². The van der Waals surface area contributed by atoms with Crippen molar-refractivity contribution >= 4 is 46.5 Å². The molecular formula is C32H25O3PS. The molecule has 0 amide bonds. The topological polar surface area (TPSA) is 35.5 Å². The molecule has 3 nitrogen and oxygen atoms in total. The van der Waals surface area contributed by atoms with Gasteiger partial charge in [0.15, 0.2) is 22.9 Å². The summed E-state index contributed by atoms with van der Waals surface area (Å²) in [5.74, 6) is 1.18. The number of hydrogen-bond acceptors (Lipinski definition) is 4. The molecule has 5 heteroatoms. The molecule has 0 radical (unpaired) electrons. The first-order valence-electron chi connectivity index (χ1n) is 12.1. The van der Waals surface area contributed by atoms with E-state index in [4.69, 9.17) is 21.3 Å². The zero-order valence-electron chi connectivity index (χ0n) is 20.6. The molecule has 5 aromatic carbocycles. The number of fused-ring (bicyclic) bond motifs is 7. The third kappa shape index (κ3) is 4.01. The Morgan fingerprint density at radius 1 is 0.757 bits per heavy atom. The number of hydrogen-bond donors (Lipinski definition) is 0. The van der Waals surface area contributed by atoms with Crippen LogP contribution in [0.2, 0.25) is 0 Å². The molecule has 0 fully saturated rings. The van der Waals surface area contributed by atoms with Crippen molar-refractivity contribution in [3.05, 3.63) is 120 Å². The summed E-state index contributed by atoms with van der Waals surface area (Å²) in [5, 5.41) is 4.31. The fraction of sp³-hybridized carbons (Fsp3) is 0.0938. The fourth-order valence-corrected chi connectivity index (χ4v) is 8.52. The van der Waals surface area contributed by atoms with E-state index in [2.05, 4.69) is 30.8 Å². The van der Waals surface area contributed by atoms with Crippen LogP contribution >= 0.6 is 6.92 Å². The van der Waals surface area contributed by atoms with Gasteiger partial charge < -0.3 is 21.3 Å². The van der Waals surface area contributed by atoms with Crippen LogP contribution < -0.4 is 9.05 Å². The second kappa shape index (κ2) is 9.06. The number of carbonyl (C=O) groups is 1. The van der Waals surface area contributed by atoms with E-state index < -0.39 is 12.6 Å². The Morgan fingerprint density at radius 2 is 1.24 bits per heavy atom. The molecule has 0 unspecified atom stereocenters. The van der Waals surface area contributed by atoms with Gasteiger partial charge in [0.05, 0.1) is 0 Å². The van der Waals surface area contributed by atoms with E-state index in [1.54, 1.807) is 0 Å². The molecule has 0 saturated heterocycles. The van der Waals surface area contributed by atoms with Crippen LogP contribution in [0.3, 0.4) is 0 Å². The monoisotopic (exact) mass is 520 g/mol. The number of aryl methyl sites for hydroxylation is 1. The lowest BCUT2D eigenvalue weighted by Gasteiger charge is -2.35. The number of carbonyl (C=O) groups excluding carboxylic acids is 1.